The van der Waals surface area contributed by atoms with Crippen LogP contribution < -0.4 is 0 Å². The van der Waals surface area contributed by atoms with Gasteiger partial charge in [0, 0.05) is 31.1 Å². The Morgan fingerprint density at radius 2 is 1.72 bits per heavy atom. The molecule has 2 heterocycles. The molecule has 0 N–H and O–H groups in total. The first-order chi connectivity index (χ1) is 12.0. The minimum atomic E-state index is -3.28. The summed E-state index contributed by atoms with van der Waals surface area (Å²) in [5, 5.41) is 1.96. The van der Waals surface area contributed by atoms with Crippen LogP contribution in [0.1, 0.15) is 10.4 Å². The molecule has 1 saturated heterocycles. The van der Waals surface area contributed by atoms with Crippen LogP contribution in [0.3, 0.4) is 0 Å². The summed E-state index contributed by atoms with van der Waals surface area (Å²) in [5.74, 6) is 0.184. The van der Waals surface area contributed by atoms with Gasteiger partial charge in [0.05, 0.1) is 12.2 Å². The Hall–Kier alpha value is -1.70. The average molecular weight is 379 g/mol. The summed E-state index contributed by atoms with van der Waals surface area (Å²) in [4.78, 5) is 15.1. The summed E-state index contributed by atoms with van der Waals surface area (Å²) in [6.45, 7) is 1.70. The number of sulfonamides is 1. The van der Waals surface area contributed by atoms with Gasteiger partial charge in [0.2, 0.25) is 15.9 Å². The number of thiophene rings is 1. The van der Waals surface area contributed by atoms with E-state index in [2.05, 4.69) is 0 Å². The lowest BCUT2D eigenvalue weighted by Gasteiger charge is -2.34. The van der Waals surface area contributed by atoms with Crippen molar-refractivity contribution in [3.05, 3.63) is 58.3 Å². The van der Waals surface area contributed by atoms with Gasteiger partial charge in [-0.25, -0.2) is 8.42 Å². The van der Waals surface area contributed by atoms with Crippen molar-refractivity contribution in [1.82, 2.24) is 9.21 Å². The van der Waals surface area contributed by atoms with E-state index in [1.54, 1.807) is 16.2 Å². The highest BCUT2D eigenvalue weighted by Crippen LogP contribution is 2.14. The van der Waals surface area contributed by atoms with Crippen LogP contribution in [0.4, 0.5) is 0 Å². The second-order valence-corrected chi connectivity index (χ2v) is 9.21. The van der Waals surface area contributed by atoms with Gasteiger partial charge in [0.1, 0.15) is 0 Å². The summed E-state index contributed by atoms with van der Waals surface area (Å²) in [6.07, 6.45) is 0.916. The van der Waals surface area contributed by atoms with E-state index in [0.717, 1.165) is 10.4 Å². The molecule has 0 spiro atoms. The number of hydrogen-bond acceptors (Lipinski definition) is 4. The number of rotatable bonds is 6. The van der Waals surface area contributed by atoms with Crippen molar-refractivity contribution in [3.8, 4) is 0 Å². The van der Waals surface area contributed by atoms with Gasteiger partial charge < -0.3 is 4.90 Å². The Balaban J connectivity index is 1.50. The number of aryl methyl sites for hydroxylation is 1. The lowest BCUT2D eigenvalue weighted by molar-refractivity contribution is -0.131. The first-order valence-corrected chi connectivity index (χ1v) is 10.9. The van der Waals surface area contributed by atoms with E-state index < -0.39 is 10.0 Å². The fraction of sp³-hybridized carbons (Fsp3) is 0.389. The van der Waals surface area contributed by atoms with Gasteiger partial charge in [0.25, 0.3) is 0 Å². The van der Waals surface area contributed by atoms with E-state index in [1.165, 1.54) is 4.31 Å². The van der Waals surface area contributed by atoms with Crippen LogP contribution in [0.15, 0.2) is 47.8 Å². The monoisotopic (exact) mass is 378 g/mol. The lowest BCUT2D eigenvalue weighted by Crippen LogP contribution is -2.51. The molecule has 1 aromatic heterocycles. The molecule has 0 aliphatic carbocycles. The van der Waals surface area contributed by atoms with E-state index in [4.69, 9.17) is 0 Å². The highest BCUT2D eigenvalue weighted by molar-refractivity contribution is 7.89. The Labute approximate surface area is 152 Å². The van der Waals surface area contributed by atoms with E-state index in [0.29, 0.717) is 39.0 Å². The molecule has 1 aliphatic rings. The van der Waals surface area contributed by atoms with E-state index >= 15 is 0 Å². The summed E-state index contributed by atoms with van der Waals surface area (Å²) < 4.78 is 26.6. The molecular weight excluding hydrogens is 356 g/mol. The molecule has 5 nitrogen and oxygen atoms in total. The molecule has 0 saturated carbocycles. The third-order valence-corrected chi connectivity index (χ3v) is 7.13. The minimum absolute atomic E-state index is 0.0729. The summed E-state index contributed by atoms with van der Waals surface area (Å²) in [6, 6.07) is 13.5. The molecule has 1 aliphatic heterocycles. The van der Waals surface area contributed by atoms with Gasteiger partial charge in [-0.1, -0.05) is 36.4 Å². The second-order valence-electron chi connectivity index (χ2n) is 6.09. The molecule has 0 radical (unpaired) electrons. The van der Waals surface area contributed by atoms with Crippen molar-refractivity contribution >= 4 is 27.3 Å². The van der Waals surface area contributed by atoms with Gasteiger partial charge in [-0.3, -0.25) is 4.79 Å². The van der Waals surface area contributed by atoms with Gasteiger partial charge in [-0.05, 0) is 23.4 Å². The molecule has 3 rings (SSSR count). The predicted molar refractivity (Wildman–Crippen MR) is 100 cm³/mol. The summed E-state index contributed by atoms with van der Waals surface area (Å²) >= 11 is 1.57. The third-order valence-electron chi connectivity index (χ3n) is 4.38. The van der Waals surface area contributed by atoms with Crippen LogP contribution in [0.2, 0.25) is 0 Å². The number of hydrogen-bond donors (Lipinski definition) is 0. The maximum absolute atomic E-state index is 12.5. The Kier molecular flexibility index (Phi) is 5.88. The molecule has 134 valence electrons. The zero-order chi connectivity index (χ0) is 17.7. The maximum Gasteiger partial charge on any atom is 0.227 e. The zero-order valence-electron chi connectivity index (χ0n) is 14.0. The van der Waals surface area contributed by atoms with Gasteiger partial charge >= 0.3 is 0 Å². The van der Waals surface area contributed by atoms with E-state index in [1.807, 2.05) is 47.8 Å². The van der Waals surface area contributed by atoms with Crippen molar-refractivity contribution in [2.24, 2.45) is 0 Å². The van der Waals surface area contributed by atoms with Crippen LogP contribution >= 0.6 is 11.3 Å². The topological polar surface area (TPSA) is 57.7 Å². The lowest BCUT2D eigenvalue weighted by atomic mass is 10.2. The van der Waals surface area contributed by atoms with Crippen LogP contribution in [0, 0.1) is 0 Å². The average Bonchev–Trinajstić information content (AvgIpc) is 3.14. The molecule has 0 bridgehead atoms. The Bertz CT molecular complexity index is 781. The Morgan fingerprint density at radius 3 is 2.36 bits per heavy atom. The van der Waals surface area contributed by atoms with Gasteiger partial charge in [-0.15, -0.1) is 11.3 Å². The van der Waals surface area contributed by atoms with Crippen molar-refractivity contribution in [2.45, 2.75) is 12.8 Å². The quantitative estimate of drug-likeness (QED) is 0.773. The fourth-order valence-electron chi connectivity index (χ4n) is 2.91. The molecular formula is C18H22N2O3S2. The van der Waals surface area contributed by atoms with Crippen LogP contribution in [0.5, 0.6) is 0 Å². The SMILES string of the molecule is O=C(Cc1cccs1)N1CCN(S(=O)(=O)CCc2ccccc2)CC1. The molecule has 0 unspecified atom stereocenters. The van der Waals surface area contributed by atoms with Crippen LogP contribution in [0.25, 0.3) is 0 Å². The number of carbonyl (C=O) groups excluding carboxylic acids is 1. The molecule has 2 aromatic rings. The smallest absolute Gasteiger partial charge is 0.227 e. The number of amides is 1. The van der Waals surface area contributed by atoms with Crippen LogP contribution in [-0.2, 0) is 27.7 Å². The predicted octanol–water partition coefficient (Wildman–Crippen LogP) is 2.01. The number of carbonyl (C=O) groups is 1. The van der Waals surface area contributed by atoms with Gasteiger partial charge in [-0.2, -0.15) is 4.31 Å². The maximum atomic E-state index is 12.5. The van der Waals surface area contributed by atoms with E-state index in [-0.39, 0.29) is 11.7 Å². The minimum Gasteiger partial charge on any atom is -0.340 e. The number of piperazine rings is 1. The van der Waals surface area contributed by atoms with Gasteiger partial charge in [0.15, 0.2) is 0 Å². The van der Waals surface area contributed by atoms with Crippen molar-refractivity contribution in [1.29, 1.82) is 0 Å². The summed E-state index contributed by atoms with van der Waals surface area (Å²) in [5.41, 5.74) is 1.02. The fourth-order valence-corrected chi connectivity index (χ4v) is 5.08. The first kappa shape index (κ1) is 18.1. The standard InChI is InChI=1S/C18H22N2O3S2/c21-18(15-17-7-4-13-24-17)19-9-11-20(12-10-19)25(22,23)14-8-16-5-2-1-3-6-16/h1-7,13H,8-12,14-15H2. The normalized spacial score (nSPS) is 16.1. The second kappa shape index (κ2) is 8.12. The van der Waals surface area contributed by atoms with E-state index in [9.17, 15) is 13.2 Å². The molecule has 25 heavy (non-hydrogen) atoms. The summed E-state index contributed by atoms with van der Waals surface area (Å²) in [7, 11) is -3.28. The van der Waals surface area contributed by atoms with Crippen molar-refractivity contribution in [3.63, 3.8) is 0 Å². The molecule has 1 amide bonds. The third kappa shape index (κ3) is 4.90. The number of benzene rings is 1. The van der Waals surface area contributed by atoms with Crippen molar-refractivity contribution in [2.75, 3.05) is 31.9 Å². The molecule has 1 fully saturated rings. The van der Waals surface area contributed by atoms with Crippen molar-refractivity contribution < 1.29 is 13.2 Å². The highest BCUT2D eigenvalue weighted by atomic mass is 32.2. The highest BCUT2D eigenvalue weighted by Gasteiger charge is 2.28. The van der Waals surface area contributed by atoms with Crippen LogP contribution in [-0.4, -0.2) is 55.5 Å². The first-order valence-electron chi connectivity index (χ1n) is 8.36. The molecule has 1 aromatic carbocycles. The molecule has 7 heteroatoms. The largest absolute Gasteiger partial charge is 0.340 e. The molecule has 0 atom stereocenters. The zero-order valence-corrected chi connectivity index (χ0v) is 15.6. The Morgan fingerprint density at radius 1 is 1.00 bits per heavy atom. The number of nitrogens with zero attached hydrogens (tertiary/aromatic N) is 2.